The number of ketones is 1. The Morgan fingerprint density at radius 3 is 2.56 bits per heavy atom. The number of carbonyl (C=O) groups excluding carboxylic acids is 3. The van der Waals surface area contributed by atoms with Crippen LogP contribution in [0.4, 0.5) is 5.00 Å². The molecule has 1 amide bonds. The van der Waals surface area contributed by atoms with Gasteiger partial charge in [0.25, 0.3) is 0 Å². The van der Waals surface area contributed by atoms with E-state index in [2.05, 4.69) is 10.4 Å². The molecule has 0 saturated heterocycles. The van der Waals surface area contributed by atoms with Crippen LogP contribution in [0.2, 0.25) is 5.02 Å². The number of nitrogens with one attached hydrogen (secondary N) is 1. The van der Waals surface area contributed by atoms with Crippen LogP contribution >= 0.6 is 22.9 Å². The second-order valence-corrected chi connectivity index (χ2v) is 6.77. The molecule has 0 radical (unpaired) electrons. The maximum Gasteiger partial charge on any atom is 0.341 e. The van der Waals surface area contributed by atoms with Crippen molar-refractivity contribution < 1.29 is 19.1 Å². The number of esters is 1. The zero-order valence-corrected chi connectivity index (χ0v) is 15.9. The summed E-state index contributed by atoms with van der Waals surface area (Å²) in [6.07, 6.45) is 1.55. The van der Waals surface area contributed by atoms with Crippen LogP contribution in [-0.4, -0.2) is 34.0 Å². The Labute approximate surface area is 153 Å². The predicted octanol–water partition coefficient (Wildman–Crippen LogP) is 3.23. The first-order chi connectivity index (χ1) is 11.7. The van der Waals surface area contributed by atoms with Gasteiger partial charge in [-0.3, -0.25) is 14.3 Å². The molecule has 25 heavy (non-hydrogen) atoms. The summed E-state index contributed by atoms with van der Waals surface area (Å²) in [5, 5.41) is 7.53. The van der Waals surface area contributed by atoms with Gasteiger partial charge in [0.15, 0.2) is 5.78 Å². The number of hydrogen-bond acceptors (Lipinski definition) is 6. The first-order valence-corrected chi connectivity index (χ1v) is 8.74. The number of ether oxygens (including phenoxy) is 1. The number of rotatable bonds is 6. The van der Waals surface area contributed by atoms with Gasteiger partial charge in [-0.1, -0.05) is 11.6 Å². The number of thiophene rings is 1. The van der Waals surface area contributed by atoms with Gasteiger partial charge in [0.1, 0.15) is 11.5 Å². The molecule has 7 nitrogen and oxygen atoms in total. The SMILES string of the molecule is CCOC(=O)c1c(NC(=O)Cn2cc(Cl)c(C)n2)sc(C(C)=O)c1C. The highest BCUT2D eigenvalue weighted by atomic mass is 35.5. The fraction of sp³-hybridized carbons (Fsp3) is 0.375. The van der Waals surface area contributed by atoms with E-state index in [9.17, 15) is 14.4 Å². The van der Waals surface area contributed by atoms with Crippen LogP contribution in [-0.2, 0) is 16.1 Å². The Bertz CT molecular complexity index is 821. The fourth-order valence-electron chi connectivity index (χ4n) is 2.27. The average molecular weight is 384 g/mol. The van der Waals surface area contributed by atoms with Gasteiger partial charge in [0.2, 0.25) is 5.91 Å². The van der Waals surface area contributed by atoms with Gasteiger partial charge in [-0.25, -0.2) is 4.79 Å². The van der Waals surface area contributed by atoms with Gasteiger partial charge in [-0.15, -0.1) is 11.3 Å². The first-order valence-electron chi connectivity index (χ1n) is 7.55. The number of carbonyl (C=O) groups is 3. The molecule has 0 unspecified atom stereocenters. The van der Waals surface area contributed by atoms with Crippen molar-refractivity contribution >= 4 is 45.6 Å². The van der Waals surface area contributed by atoms with Gasteiger partial charge in [-0.05, 0) is 33.3 Å². The molecule has 1 N–H and O–H groups in total. The van der Waals surface area contributed by atoms with Gasteiger partial charge in [0.05, 0.1) is 27.8 Å². The van der Waals surface area contributed by atoms with Crippen molar-refractivity contribution in [2.24, 2.45) is 0 Å². The second-order valence-electron chi connectivity index (χ2n) is 5.35. The van der Waals surface area contributed by atoms with E-state index in [1.54, 1.807) is 27.0 Å². The Morgan fingerprint density at radius 2 is 2.04 bits per heavy atom. The Hall–Kier alpha value is -2.19. The van der Waals surface area contributed by atoms with E-state index < -0.39 is 5.97 Å². The summed E-state index contributed by atoms with van der Waals surface area (Å²) in [7, 11) is 0. The van der Waals surface area contributed by atoms with Crippen molar-refractivity contribution in [3.63, 3.8) is 0 Å². The van der Waals surface area contributed by atoms with Crippen LogP contribution < -0.4 is 5.32 Å². The highest BCUT2D eigenvalue weighted by Gasteiger charge is 2.25. The minimum Gasteiger partial charge on any atom is -0.462 e. The molecule has 2 aromatic heterocycles. The van der Waals surface area contributed by atoms with E-state index in [4.69, 9.17) is 16.3 Å². The summed E-state index contributed by atoms with van der Waals surface area (Å²) >= 11 is 6.98. The van der Waals surface area contributed by atoms with Crippen LogP contribution in [0.3, 0.4) is 0 Å². The van der Waals surface area contributed by atoms with Crippen molar-refractivity contribution in [2.45, 2.75) is 34.2 Å². The molecule has 0 bridgehead atoms. The number of amides is 1. The van der Waals surface area contributed by atoms with Crippen molar-refractivity contribution in [1.29, 1.82) is 0 Å². The number of Topliss-reactive ketones (excluding diaryl/α,β-unsaturated/α-hetero) is 1. The monoisotopic (exact) mass is 383 g/mol. The molecule has 2 heterocycles. The fourth-order valence-corrected chi connectivity index (χ4v) is 3.53. The van der Waals surface area contributed by atoms with Crippen LogP contribution in [0.15, 0.2) is 6.20 Å². The van der Waals surface area contributed by atoms with Gasteiger partial charge in [0, 0.05) is 6.20 Å². The van der Waals surface area contributed by atoms with E-state index in [-0.39, 0.29) is 30.4 Å². The lowest BCUT2D eigenvalue weighted by atomic mass is 10.1. The normalized spacial score (nSPS) is 10.6. The molecule has 134 valence electrons. The van der Waals surface area contributed by atoms with E-state index >= 15 is 0 Å². The lowest BCUT2D eigenvalue weighted by molar-refractivity contribution is -0.116. The smallest absolute Gasteiger partial charge is 0.341 e. The zero-order valence-electron chi connectivity index (χ0n) is 14.3. The van der Waals surface area contributed by atoms with Crippen LogP contribution in [0, 0.1) is 13.8 Å². The van der Waals surface area contributed by atoms with Crippen molar-refractivity contribution in [3.05, 3.63) is 32.9 Å². The quantitative estimate of drug-likeness (QED) is 0.610. The molecule has 2 aromatic rings. The second kappa shape index (κ2) is 7.79. The third kappa shape index (κ3) is 4.26. The Balaban J connectivity index is 2.27. The standard InChI is InChI=1S/C16H18ClN3O4S/c1-5-24-16(23)13-8(2)14(10(4)21)25-15(13)18-12(22)7-20-6-11(17)9(3)19-20/h6H,5,7H2,1-4H3,(H,18,22). The summed E-state index contributed by atoms with van der Waals surface area (Å²) in [6.45, 7) is 6.62. The minimum atomic E-state index is -0.572. The van der Waals surface area contributed by atoms with Gasteiger partial charge >= 0.3 is 5.97 Å². The zero-order chi connectivity index (χ0) is 18.7. The topological polar surface area (TPSA) is 90.3 Å². The van der Waals surface area contributed by atoms with E-state index in [1.165, 1.54) is 11.6 Å². The predicted molar refractivity (Wildman–Crippen MR) is 95.6 cm³/mol. The van der Waals surface area contributed by atoms with Crippen molar-refractivity contribution in [3.8, 4) is 0 Å². The number of aryl methyl sites for hydroxylation is 1. The number of halogens is 1. The molecule has 0 atom stereocenters. The van der Waals surface area contributed by atoms with Crippen LogP contribution in [0.25, 0.3) is 0 Å². The lowest BCUT2D eigenvalue weighted by Crippen LogP contribution is -2.20. The maximum atomic E-state index is 12.3. The number of aromatic nitrogens is 2. The van der Waals surface area contributed by atoms with Crippen molar-refractivity contribution in [2.75, 3.05) is 11.9 Å². The molecule has 0 spiro atoms. The number of anilines is 1. The first kappa shape index (κ1) is 19.1. The van der Waals surface area contributed by atoms with Crippen LogP contribution in [0.5, 0.6) is 0 Å². The Morgan fingerprint density at radius 1 is 1.36 bits per heavy atom. The molecular weight excluding hydrogens is 366 g/mol. The van der Waals surface area contributed by atoms with Gasteiger partial charge in [-0.2, -0.15) is 5.10 Å². The van der Waals surface area contributed by atoms with Crippen LogP contribution in [0.1, 0.15) is 45.1 Å². The molecule has 0 aliphatic carbocycles. The van der Waals surface area contributed by atoms with Gasteiger partial charge < -0.3 is 10.1 Å². The molecule has 2 rings (SSSR count). The van der Waals surface area contributed by atoms with E-state index in [1.807, 2.05) is 0 Å². The molecule has 0 aliphatic heterocycles. The van der Waals surface area contributed by atoms with E-state index in [0.29, 0.717) is 26.2 Å². The largest absolute Gasteiger partial charge is 0.462 e. The molecule has 0 saturated carbocycles. The highest BCUT2D eigenvalue weighted by Crippen LogP contribution is 2.34. The summed E-state index contributed by atoms with van der Waals surface area (Å²) < 4.78 is 6.44. The minimum absolute atomic E-state index is 0.0673. The third-order valence-electron chi connectivity index (χ3n) is 3.39. The number of nitrogens with zero attached hydrogens (tertiary/aromatic N) is 2. The molecule has 0 aromatic carbocycles. The number of hydrogen-bond donors (Lipinski definition) is 1. The maximum absolute atomic E-state index is 12.3. The third-order valence-corrected chi connectivity index (χ3v) is 5.07. The lowest BCUT2D eigenvalue weighted by Gasteiger charge is -2.07. The Kier molecular flexibility index (Phi) is 5.97. The van der Waals surface area contributed by atoms with E-state index in [0.717, 1.165) is 11.3 Å². The summed E-state index contributed by atoms with van der Waals surface area (Å²) in [6, 6.07) is 0. The molecule has 0 fully saturated rings. The molecular formula is C16H18ClN3O4S. The average Bonchev–Trinajstić information content (AvgIpc) is 2.99. The molecule has 0 aliphatic rings. The highest BCUT2D eigenvalue weighted by molar-refractivity contribution is 7.18. The summed E-state index contributed by atoms with van der Waals surface area (Å²) in [4.78, 5) is 36.6. The summed E-state index contributed by atoms with van der Waals surface area (Å²) in [5.41, 5.74) is 1.33. The summed E-state index contributed by atoms with van der Waals surface area (Å²) in [5.74, 6) is -1.14. The van der Waals surface area contributed by atoms with Crippen molar-refractivity contribution in [1.82, 2.24) is 9.78 Å². The molecule has 9 heteroatoms.